The summed E-state index contributed by atoms with van der Waals surface area (Å²) in [4.78, 5) is 12.6. The lowest BCUT2D eigenvalue weighted by Gasteiger charge is -2.36. The van der Waals surface area contributed by atoms with Crippen molar-refractivity contribution in [3.8, 4) is 5.75 Å². The minimum Gasteiger partial charge on any atom is -0.497 e. The topological polar surface area (TPSA) is 29.5 Å². The van der Waals surface area contributed by atoms with E-state index in [2.05, 4.69) is 0 Å². The molecule has 1 aliphatic heterocycles. The number of carbonyl (C=O) groups is 1. The third-order valence-corrected chi connectivity index (χ3v) is 4.15. The van der Waals surface area contributed by atoms with Crippen LogP contribution in [0.5, 0.6) is 5.75 Å². The first-order chi connectivity index (χ1) is 10.8. The van der Waals surface area contributed by atoms with E-state index >= 15 is 4.39 Å². The van der Waals surface area contributed by atoms with Crippen molar-refractivity contribution in [1.29, 1.82) is 0 Å². The fraction of sp³-hybridized carbons (Fsp3) is 0.235. The smallest absolute Gasteiger partial charge is 0.329 e. The number of amides is 1. The Balaban J connectivity index is 2.16. The van der Waals surface area contributed by atoms with E-state index in [0.717, 1.165) is 19.2 Å². The Morgan fingerprint density at radius 1 is 1.09 bits per heavy atom. The molecule has 0 saturated carbocycles. The highest BCUT2D eigenvalue weighted by molar-refractivity contribution is 5.99. The van der Waals surface area contributed by atoms with Gasteiger partial charge >= 0.3 is 5.92 Å². The summed E-state index contributed by atoms with van der Waals surface area (Å²) in [5.41, 5.74) is -0.906. The molecule has 0 saturated heterocycles. The Kier molecular flexibility index (Phi) is 3.35. The van der Waals surface area contributed by atoms with Gasteiger partial charge in [-0.2, -0.15) is 8.78 Å². The van der Waals surface area contributed by atoms with Gasteiger partial charge in [-0.15, -0.1) is 0 Å². The molecular formula is C17H14F3NO2. The average Bonchev–Trinajstić information content (AvgIpc) is 2.78. The second-order valence-corrected chi connectivity index (χ2v) is 5.33. The molecule has 1 atom stereocenters. The lowest BCUT2D eigenvalue weighted by Crippen LogP contribution is -2.49. The van der Waals surface area contributed by atoms with Gasteiger partial charge in [0, 0.05) is 23.7 Å². The van der Waals surface area contributed by atoms with Gasteiger partial charge in [-0.25, -0.2) is 4.39 Å². The zero-order valence-electron chi connectivity index (χ0n) is 12.5. The molecule has 0 aromatic heterocycles. The molecule has 23 heavy (non-hydrogen) atoms. The molecule has 1 aliphatic rings. The van der Waals surface area contributed by atoms with Crippen LogP contribution in [0.25, 0.3) is 0 Å². The van der Waals surface area contributed by atoms with Crippen molar-refractivity contribution in [3.63, 3.8) is 0 Å². The van der Waals surface area contributed by atoms with Gasteiger partial charge in [0.2, 0.25) is 0 Å². The Morgan fingerprint density at radius 3 is 2.30 bits per heavy atom. The third kappa shape index (κ3) is 1.94. The predicted octanol–water partition coefficient (Wildman–Crippen LogP) is 3.70. The summed E-state index contributed by atoms with van der Waals surface area (Å²) in [6.45, 7) is 0. The summed E-state index contributed by atoms with van der Waals surface area (Å²) >= 11 is 0. The van der Waals surface area contributed by atoms with Gasteiger partial charge < -0.3 is 4.74 Å². The average molecular weight is 321 g/mol. The number of methoxy groups -OCH3 is 1. The number of hydrogen-bond acceptors (Lipinski definition) is 2. The number of nitrogens with zero attached hydrogens (tertiary/aromatic N) is 1. The van der Waals surface area contributed by atoms with Crippen molar-refractivity contribution in [1.82, 2.24) is 4.90 Å². The molecule has 2 aromatic rings. The summed E-state index contributed by atoms with van der Waals surface area (Å²) in [7, 11) is 2.45. The Morgan fingerprint density at radius 2 is 1.70 bits per heavy atom. The van der Waals surface area contributed by atoms with Crippen LogP contribution in [0, 0.1) is 0 Å². The van der Waals surface area contributed by atoms with Crippen molar-refractivity contribution in [2.24, 2.45) is 0 Å². The SMILES string of the molecule is COc1ccc(C(F)(F)C2(F)c3ccccc3C(=O)N2C)cc1. The highest BCUT2D eigenvalue weighted by Gasteiger charge is 2.65. The number of rotatable bonds is 3. The highest BCUT2D eigenvalue weighted by Crippen LogP contribution is 2.54. The van der Waals surface area contributed by atoms with Crippen LogP contribution < -0.4 is 4.74 Å². The van der Waals surface area contributed by atoms with Gasteiger partial charge in [-0.3, -0.25) is 9.69 Å². The van der Waals surface area contributed by atoms with Gasteiger partial charge in [0.05, 0.1) is 7.11 Å². The zero-order valence-corrected chi connectivity index (χ0v) is 12.5. The van der Waals surface area contributed by atoms with Crippen LogP contribution in [0.3, 0.4) is 0 Å². The van der Waals surface area contributed by atoms with E-state index in [9.17, 15) is 13.6 Å². The quantitative estimate of drug-likeness (QED) is 0.807. The van der Waals surface area contributed by atoms with E-state index in [-0.39, 0.29) is 11.1 Å². The molecule has 3 rings (SSSR count). The van der Waals surface area contributed by atoms with E-state index in [0.29, 0.717) is 10.6 Å². The summed E-state index contributed by atoms with van der Waals surface area (Å²) in [5, 5.41) is 0. The van der Waals surface area contributed by atoms with Crippen LogP contribution in [0.15, 0.2) is 48.5 Å². The Hall–Kier alpha value is -2.50. The maximum absolute atomic E-state index is 15.5. The summed E-state index contributed by atoms with van der Waals surface area (Å²) in [6.07, 6.45) is 0. The second kappa shape index (κ2) is 5.01. The van der Waals surface area contributed by atoms with Crippen LogP contribution in [0.4, 0.5) is 13.2 Å². The molecule has 0 N–H and O–H groups in total. The zero-order chi connectivity index (χ0) is 16.8. The first-order valence-electron chi connectivity index (χ1n) is 6.93. The fourth-order valence-electron chi connectivity index (χ4n) is 2.83. The molecule has 0 spiro atoms. The monoisotopic (exact) mass is 321 g/mol. The lowest BCUT2D eigenvalue weighted by molar-refractivity contribution is -0.203. The summed E-state index contributed by atoms with van der Waals surface area (Å²) in [6, 6.07) is 10.4. The maximum Gasteiger partial charge on any atom is 0.329 e. The number of benzene rings is 2. The van der Waals surface area contributed by atoms with E-state index < -0.39 is 23.2 Å². The van der Waals surface area contributed by atoms with Gasteiger partial charge in [-0.05, 0) is 30.3 Å². The van der Waals surface area contributed by atoms with Gasteiger partial charge in [-0.1, -0.05) is 18.2 Å². The Bertz CT molecular complexity index is 761. The van der Waals surface area contributed by atoms with Crippen LogP contribution in [0.1, 0.15) is 21.5 Å². The first kappa shape index (κ1) is 15.4. The number of ether oxygens (including phenoxy) is 1. The standard InChI is InChI=1S/C17H14F3NO2/c1-21-15(22)13-5-3-4-6-14(13)17(21,20)16(18,19)11-7-9-12(23-2)10-8-11/h3-10H,1-2H3. The number of halogens is 3. The van der Waals surface area contributed by atoms with Crippen LogP contribution in [-0.2, 0) is 11.7 Å². The van der Waals surface area contributed by atoms with E-state index in [1.54, 1.807) is 0 Å². The molecule has 1 heterocycles. The van der Waals surface area contributed by atoms with Crippen LogP contribution in [0.2, 0.25) is 0 Å². The van der Waals surface area contributed by atoms with E-state index in [1.807, 2.05) is 0 Å². The molecule has 2 aromatic carbocycles. The van der Waals surface area contributed by atoms with Gasteiger partial charge in [0.15, 0.2) is 0 Å². The van der Waals surface area contributed by atoms with Crippen LogP contribution >= 0.6 is 0 Å². The minimum atomic E-state index is -3.92. The number of carbonyl (C=O) groups excluding carboxylic acids is 1. The minimum absolute atomic E-state index is 0.0503. The second-order valence-electron chi connectivity index (χ2n) is 5.33. The third-order valence-electron chi connectivity index (χ3n) is 4.15. The van der Waals surface area contributed by atoms with E-state index in [4.69, 9.17) is 4.74 Å². The number of hydrogen-bond donors (Lipinski definition) is 0. The van der Waals surface area contributed by atoms with Crippen LogP contribution in [-0.4, -0.2) is 25.0 Å². The predicted molar refractivity (Wildman–Crippen MR) is 78.2 cm³/mol. The molecular weight excluding hydrogens is 307 g/mol. The highest BCUT2D eigenvalue weighted by atomic mass is 19.3. The molecule has 6 heteroatoms. The molecule has 1 amide bonds. The van der Waals surface area contributed by atoms with Crippen molar-refractivity contribution in [2.75, 3.05) is 14.2 Å². The first-order valence-corrected chi connectivity index (χ1v) is 6.93. The normalized spacial score (nSPS) is 20.6. The lowest BCUT2D eigenvalue weighted by atomic mass is 9.92. The van der Waals surface area contributed by atoms with Gasteiger partial charge in [0.25, 0.3) is 11.7 Å². The van der Waals surface area contributed by atoms with Crippen molar-refractivity contribution < 1.29 is 22.7 Å². The van der Waals surface area contributed by atoms with Crippen molar-refractivity contribution in [3.05, 3.63) is 65.2 Å². The fourth-order valence-corrected chi connectivity index (χ4v) is 2.83. The maximum atomic E-state index is 15.5. The molecule has 3 nitrogen and oxygen atoms in total. The van der Waals surface area contributed by atoms with E-state index in [1.165, 1.54) is 43.5 Å². The molecule has 0 aliphatic carbocycles. The van der Waals surface area contributed by atoms with Gasteiger partial charge in [0.1, 0.15) is 5.75 Å². The van der Waals surface area contributed by atoms with Crippen molar-refractivity contribution in [2.45, 2.75) is 11.7 Å². The number of likely N-dealkylation sites (N-methyl/N-ethyl adjacent to an activating group) is 1. The largest absolute Gasteiger partial charge is 0.497 e. The molecule has 0 fully saturated rings. The molecule has 120 valence electrons. The summed E-state index contributed by atoms with van der Waals surface area (Å²) < 4.78 is 50.4. The van der Waals surface area contributed by atoms with Crippen molar-refractivity contribution >= 4 is 5.91 Å². The summed E-state index contributed by atoms with van der Waals surface area (Å²) in [5.74, 6) is -7.55. The molecule has 0 radical (unpaired) electrons. The number of fused-ring (bicyclic) bond motifs is 1. The Labute approximate surface area is 131 Å². The number of alkyl halides is 3. The molecule has 0 bridgehead atoms. The molecule has 1 unspecified atom stereocenters.